The number of carbonyl (C=O) groups excluding carboxylic acids is 4. The Morgan fingerprint density at radius 3 is 0.948 bits per heavy atom. The van der Waals surface area contributed by atoms with E-state index in [4.69, 9.17) is 5.73 Å². The van der Waals surface area contributed by atoms with Gasteiger partial charge < -0.3 is 45.1 Å². The molecule has 6 aliphatic heterocycles. The minimum atomic E-state index is -0.381. The number of fused-ring (bicyclic) bond motifs is 6. The zero-order valence-corrected chi connectivity index (χ0v) is 58.0. The number of nitrogens with one attached hydrogen (secondary N) is 2. The van der Waals surface area contributed by atoms with Gasteiger partial charge in [0.1, 0.15) is 0 Å². The zero-order chi connectivity index (χ0) is 68.3. The van der Waals surface area contributed by atoms with Crippen molar-refractivity contribution in [3.8, 4) is 11.4 Å². The summed E-state index contributed by atoms with van der Waals surface area (Å²) in [5.74, 6) is 0.598. The number of rotatable bonds is 3. The van der Waals surface area contributed by atoms with Gasteiger partial charge in [-0.1, -0.05) is 72.8 Å². The summed E-state index contributed by atoms with van der Waals surface area (Å²) < 4.78 is 4.62. The molecule has 0 spiro atoms. The summed E-state index contributed by atoms with van der Waals surface area (Å²) in [6.45, 7) is 25.9. The summed E-state index contributed by atoms with van der Waals surface area (Å²) in [4.78, 5) is 63.2. The molecule has 8 heterocycles. The van der Waals surface area contributed by atoms with E-state index in [1.807, 2.05) is 26.8 Å². The lowest BCUT2D eigenvalue weighted by Gasteiger charge is -2.17. The Bertz CT molecular complexity index is 3900. The Hall–Kier alpha value is -9.12. The maximum Gasteiger partial charge on any atom is 0.269 e. The molecule has 0 fully saturated rings. The molecule has 8 aromatic rings. The fourth-order valence-electron chi connectivity index (χ4n) is 13.9. The Kier molecular flexibility index (Phi) is 25.6. The number of nitro groups is 1. The molecule has 14 rings (SSSR count). The number of hydrogen-bond acceptors (Lipinski definition) is 9. The van der Waals surface area contributed by atoms with Crippen LogP contribution in [-0.2, 0) is 96.2 Å². The Balaban J connectivity index is 0.000000137. The van der Waals surface area contributed by atoms with Gasteiger partial charge in [0.25, 0.3) is 5.69 Å². The number of aromatic nitrogens is 2. The smallest absolute Gasteiger partial charge is 0.269 e. The normalized spacial score (nSPS) is 15.5. The minimum absolute atomic E-state index is 0.0623. The maximum absolute atomic E-state index is 11.6. The van der Waals surface area contributed by atoms with Crippen molar-refractivity contribution < 1.29 is 24.1 Å². The zero-order valence-electron chi connectivity index (χ0n) is 58.0. The van der Waals surface area contributed by atoms with Gasteiger partial charge >= 0.3 is 0 Å². The summed E-state index contributed by atoms with van der Waals surface area (Å²) in [6.07, 6.45) is 11.9. The molecule has 6 aliphatic rings. The summed E-state index contributed by atoms with van der Waals surface area (Å²) in [5.41, 5.74) is 30.7. The number of non-ortho nitro benzene ring substituents is 1. The van der Waals surface area contributed by atoms with Crippen molar-refractivity contribution in [1.29, 1.82) is 0 Å². The van der Waals surface area contributed by atoms with E-state index in [-0.39, 0.29) is 34.2 Å². The molecule has 0 radical (unpaired) electrons. The van der Waals surface area contributed by atoms with Crippen LogP contribution in [0.25, 0.3) is 11.4 Å². The summed E-state index contributed by atoms with van der Waals surface area (Å²) in [7, 11) is 0. The molecule has 6 aromatic carbocycles. The number of carbonyl (C=O) groups is 4. The topological polar surface area (TPSA) is 184 Å². The second kappa shape index (κ2) is 34.5. The van der Waals surface area contributed by atoms with Crippen LogP contribution in [0.1, 0.15) is 117 Å². The highest BCUT2D eigenvalue weighted by Crippen LogP contribution is 2.27. The van der Waals surface area contributed by atoms with E-state index in [1.54, 1.807) is 44.7 Å². The molecule has 4 N–H and O–H groups in total. The number of anilines is 1. The molecule has 0 atom stereocenters. The van der Waals surface area contributed by atoms with E-state index in [2.05, 4.69) is 163 Å². The first-order valence-electron chi connectivity index (χ1n) is 34.5. The van der Waals surface area contributed by atoms with E-state index in [0.717, 1.165) is 140 Å². The molecule has 4 amide bonds. The van der Waals surface area contributed by atoms with Gasteiger partial charge in [0.15, 0.2) is 0 Å². The highest BCUT2D eigenvalue weighted by molar-refractivity contribution is 5.75. The highest BCUT2D eigenvalue weighted by Gasteiger charge is 2.21. The average Bonchev–Trinajstić information content (AvgIpc) is 1.62. The number of nitrogens with zero attached hydrogens (tertiary/aromatic N) is 7. The molecule has 0 aliphatic carbocycles. The number of nitrogen functional groups attached to an aromatic ring is 1. The first-order chi connectivity index (χ1) is 46.3. The number of nitrogens with two attached hydrogens (primary N) is 1. The van der Waals surface area contributed by atoms with Crippen molar-refractivity contribution in [2.45, 2.75) is 132 Å². The number of hydrogen-bond donors (Lipinski definition) is 3. The highest BCUT2D eigenvalue weighted by atomic mass is 16.6. The third-order valence-corrected chi connectivity index (χ3v) is 19.6. The molecular formula is C80H100N10O6. The fourth-order valence-corrected chi connectivity index (χ4v) is 13.9. The molecule has 16 heteroatoms. The van der Waals surface area contributed by atoms with E-state index in [0.29, 0.717) is 19.5 Å². The minimum Gasteiger partial charge on any atom is -0.399 e. The van der Waals surface area contributed by atoms with Crippen molar-refractivity contribution in [3.05, 3.63) is 245 Å². The van der Waals surface area contributed by atoms with Gasteiger partial charge in [0.2, 0.25) is 23.6 Å². The molecule has 16 nitrogen and oxygen atoms in total. The van der Waals surface area contributed by atoms with Gasteiger partial charge in [0, 0.05) is 132 Å². The standard InChI is InChI=1S/C18H22N2O.C16H20N2.C12H14N2O3.C12H16N2O.C12H15NO.C10H13N/c1-13-4-5-14(2)20(13)18-7-6-16-8-10-19(15(3)21)11-9-17(16)12-18;1-12-3-4-13(2)18(12)16-6-5-14-7-9-17-10-8-15(14)11-16;1-9(15)13-6-4-10-2-3-12(14(16)17)8-11(10)5-7-13;1-9(15)14-6-4-10-2-3-12(13)8-11(10)5-7-14;1-10(14)13-8-6-11-4-2-3-5-12(11)7-9-13;1-2-4-10-6-8-11-7-5-9(10)3-1/h4-7,12H,8-11H2,1-3H3;3-6,11,17H,7-10H2,1-2H3;2-3,8H,4-7H2,1H3;2-3,8H,4-7,13H2,1H3;2-5H,6-9H2,1H3;1-4,11H,5-8H2. The summed E-state index contributed by atoms with van der Waals surface area (Å²) >= 11 is 0. The van der Waals surface area contributed by atoms with Gasteiger partial charge in [-0.15, -0.1) is 0 Å². The molecular weight excluding hydrogens is 1200 g/mol. The summed E-state index contributed by atoms with van der Waals surface area (Å²) in [5, 5.41) is 17.5. The van der Waals surface area contributed by atoms with Crippen LogP contribution in [0.5, 0.6) is 0 Å². The molecule has 0 saturated heterocycles. The van der Waals surface area contributed by atoms with Gasteiger partial charge in [-0.05, 0) is 258 Å². The van der Waals surface area contributed by atoms with E-state index < -0.39 is 0 Å². The van der Waals surface area contributed by atoms with E-state index in [1.165, 1.54) is 109 Å². The second-order valence-electron chi connectivity index (χ2n) is 26.1. The van der Waals surface area contributed by atoms with Gasteiger partial charge in [0.05, 0.1) is 4.92 Å². The van der Waals surface area contributed by atoms with Gasteiger partial charge in [-0.25, -0.2) is 0 Å². The Morgan fingerprint density at radius 2 is 0.604 bits per heavy atom. The number of aryl methyl sites for hydroxylation is 4. The number of benzene rings is 6. The van der Waals surface area contributed by atoms with Crippen LogP contribution in [-0.4, -0.2) is 136 Å². The molecule has 2 aromatic heterocycles. The predicted molar refractivity (Wildman–Crippen MR) is 387 cm³/mol. The monoisotopic (exact) mass is 1300 g/mol. The van der Waals surface area contributed by atoms with Crippen LogP contribution < -0.4 is 16.4 Å². The first-order valence-corrected chi connectivity index (χ1v) is 34.5. The number of nitro benzene ring substituents is 1. The van der Waals surface area contributed by atoms with Gasteiger partial charge in [-0.3, -0.25) is 29.3 Å². The molecule has 0 saturated carbocycles. The van der Waals surface area contributed by atoms with Crippen LogP contribution >= 0.6 is 0 Å². The SMILES string of the molecule is CC(=O)N1CCc2ccc(-n3c(C)ccc3C)cc2CC1.CC(=O)N1CCc2ccc(N)cc2CC1.CC(=O)N1CCc2ccc([N+](=O)[O-])cc2CC1.CC(=O)N1CCc2ccccc2CC1.Cc1ccc(C)n1-c1ccc2c(c1)CCNCC2.c1ccc2c(c1)CCNCC2. The lowest BCUT2D eigenvalue weighted by Crippen LogP contribution is -2.30. The predicted octanol–water partition coefficient (Wildman–Crippen LogP) is 11.6. The van der Waals surface area contributed by atoms with Crippen LogP contribution in [0, 0.1) is 37.8 Å². The Morgan fingerprint density at radius 1 is 0.344 bits per heavy atom. The Labute approximate surface area is 569 Å². The molecule has 506 valence electrons. The number of amides is 4. The molecule has 96 heavy (non-hydrogen) atoms. The lowest BCUT2D eigenvalue weighted by molar-refractivity contribution is -0.384. The molecule has 0 bridgehead atoms. The molecule has 0 unspecified atom stereocenters. The van der Waals surface area contributed by atoms with Crippen molar-refractivity contribution in [3.63, 3.8) is 0 Å². The van der Waals surface area contributed by atoms with E-state index >= 15 is 0 Å². The fraction of sp³-hybridized carbons (Fsp3) is 0.400. The van der Waals surface area contributed by atoms with Crippen LogP contribution in [0.2, 0.25) is 0 Å². The third-order valence-electron chi connectivity index (χ3n) is 19.6. The van der Waals surface area contributed by atoms with Crippen molar-refractivity contribution in [2.75, 3.05) is 84.3 Å². The second-order valence-corrected chi connectivity index (χ2v) is 26.1. The van der Waals surface area contributed by atoms with Crippen LogP contribution in [0.15, 0.2) is 146 Å². The van der Waals surface area contributed by atoms with Crippen molar-refractivity contribution >= 4 is 35.0 Å². The van der Waals surface area contributed by atoms with Crippen molar-refractivity contribution in [1.82, 2.24) is 39.4 Å². The largest absolute Gasteiger partial charge is 0.399 e. The maximum atomic E-state index is 11.6. The quantitative estimate of drug-likeness (QED) is 0.0880. The van der Waals surface area contributed by atoms with E-state index in [9.17, 15) is 29.3 Å². The lowest BCUT2D eigenvalue weighted by atomic mass is 10.0. The van der Waals surface area contributed by atoms with Crippen molar-refractivity contribution in [2.24, 2.45) is 0 Å². The van der Waals surface area contributed by atoms with Crippen LogP contribution in [0.3, 0.4) is 0 Å². The first kappa shape index (κ1) is 71.2. The third kappa shape index (κ3) is 19.5. The van der Waals surface area contributed by atoms with Crippen LogP contribution in [0.4, 0.5) is 11.4 Å². The van der Waals surface area contributed by atoms with Gasteiger partial charge in [-0.2, -0.15) is 0 Å². The average molecular weight is 1300 g/mol. The summed E-state index contributed by atoms with van der Waals surface area (Å²) in [6, 6.07) is 50.5.